The van der Waals surface area contributed by atoms with E-state index in [0.717, 1.165) is 29.9 Å². The Morgan fingerprint density at radius 3 is 1.67 bits per heavy atom. The normalized spacial score (nSPS) is 14.7. The van der Waals surface area contributed by atoms with Crippen molar-refractivity contribution in [1.29, 1.82) is 0 Å². The number of hydrogen-bond acceptors (Lipinski definition) is 1. The molecule has 1 atom stereocenters. The van der Waals surface area contributed by atoms with Gasteiger partial charge in [-0.05, 0) is 113 Å². The molecule has 258 valence electrons. The number of anilines is 3. The number of para-hydroxylation sites is 1. The second-order valence-corrected chi connectivity index (χ2v) is 14.5. The van der Waals surface area contributed by atoms with Gasteiger partial charge in [-0.1, -0.05) is 146 Å². The lowest BCUT2D eigenvalue weighted by Crippen LogP contribution is -2.17. The van der Waals surface area contributed by atoms with E-state index in [2.05, 4.69) is 210 Å². The maximum absolute atomic E-state index is 2.57. The molecule has 10 rings (SSSR count). The Balaban J connectivity index is 1.16. The van der Waals surface area contributed by atoms with Gasteiger partial charge >= 0.3 is 0 Å². The highest BCUT2D eigenvalue weighted by Crippen LogP contribution is 2.45. The maximum atomic E-state index is 2.57. The molecule has 0 amide bonds. The molecule has 2 nitrogen and oxygen atoms in total. The van der Waals surface area contributed by atoms with Crippen molar-refractivity contribution in [2.45, 2.75) is 19.3 Å². The van der Waals surface area contributed by atoms with E-state index in [9.17, 15) is 0 Å². The molecule has 2 heteroatoms. The number of allylic oxidation sites excluding steroid dienone is 3. The third kappa shape index (κ3) is 5.77. The van der Waals surface area contributed by atoms with Crippen LogP contribution < -0.4 is 4.90 Å². The van der Waals surface area contributed by atoms with Crippen LogP contribution in [0.2, 0.25) is 0 Å². The highest BCUT2D eigenvalue weighted by molar-refractivity contribution is 5.96. The highest BCUT2D eigenvalue weighted by Gasteiger charge is 2.28. The zero-order valence-electron chi connectivity index (χ0n) is 30.1. The number of benzene rings is 7. The van der Waals surface area contributed by atoms with Crippen LogP contribution in [0, 0.1) is 5.92 Å². The molecule has 1 aromatic heterocycles. The van der Waals surface area contributed by atoms with E-state index in [4.69, 9.17) is 0 Å². The summed E-state index contributed by atoms with van der Waals surface area (Å²) in [4.78, 5) is 2.40. The Morgan fingerprint density at radius 1 is 0.500 bits per heavy atom. The molecular weight excluding hydrogens is 653 g/mol. The molecule has 0 fully saturated rings. The minimum absolute atomic E-state index is 0.554. The van der Waals surface area contributed by atoms with Crippen LogP contribution in [0.1, 0.15) is 24.1 Å². The van der Waals surface area contributed by atoms with Gasteiger partial charge in [-0.25, -0.2) is 0 Å². The van der Waals surface area contributed by atoms with Crippen molar-refractivity contribution in [3.63, 3.8) is 0 Å². The second kappa shape index (κ2) is 13.7. The van der Waals surface area contributed by atoms with Crippen LogP contribution in [0.4, 0.5) is 17.1 Å². The second-order valence-electron chi connectivity index (χ2n) is 14.5. The van der Waals surface area contributed by atoms with E-state index in [0.29, 0.717) is 5.92 Å². The molecule has 0 bridgehead atoms. The maximum Gasteiger partial charge on any atom is 0.0538 e. The van der Waals surface area contributed by atoms with E-state index < -0.39 is 0 Å². The first-order valence-corrected chi connectivity index (χ1v) is 19.1. The molecule has 7 aromatic carbocycles. The molecule has 0 radical (unpaired) electrons. The monoisotopic (exact) mass is 692 g/mol. The average Bonchev–Trinajstić information content (AvgIpc) is 3.57. The van der Waals surface area contributed by atoms with Crippen molar-refractivity contribution in [3.8, 4) is 39.1 Å². The summed E-state index contributed by atoms with van der Waals surface area (Å²) in [6, 6.07) is 66.1. The predicted octanol–water partition coefficient (Wildman–Crippen LogP) is 14.0. The van der Waals surface area contributed by atoms with Crippen LogP contribution in [0.25, 0.3) is 56.0 Å². The smallest absolute Gasteiger partial charge is 0.0538 e. The lowest BCUT2D eigenvalue weighted by molar-refractivity contribution is 0.547. The largest absolute Gasteiger partial charge is 0.312 e. The molecule has 1 heterocycles. The predicted molar refractivity (Wildman–Crippen MR) is 228 cm³/mol. The molecule has 2 aliphatic carbocycles. The van der Waals surface area contributed by atoms with Gasteiger partial charge in [0, 0.05) is 39.3 Å². The van der Waals surface area contributed by atoms with E-state index in [-0.39, 0.29) is 0 Å². The summed E-state index contributed by atoms with van der Waals surface area (Å²) in [6.07, 6.45) is 10.6. The summed E-state index contributed by atoms with van der Waals surface area (Å²) in [5.74, 6) is 0.554. The zero-order chi connectivity index (χ0) is 35.8. The van der Waals surface area contributed by atoms with Crippen molar-refractivity contribution in [1.82, 2.24) is 4.57 Å². The van der Waals surface area contributed by atoms with Gasteiger partial charge in [0.15, 0.2) is 0 Å². The first-order chi connectivity index (χ1) is 26.8. The summed E-state index contributed by atoms with van der Waals surface area (Å²) < 4.78 is 2.57. The standard InChI is InChI=1S/C52H40N2/c1-4-14-37(15-5-1)39-24-28-44(29-25-39)53(45-30-26-40(27-31-45)38-16-6-2-7-17-38)46-32-33-51(48(36-46)41-18-8-3-9-19-41)54-50-23-13-12-22-47(50)49-34-42-20-10-11-21-43(42)35-52(49)54/h1-10,12-20,22-34,36,43H,11,21,35H2. The van der Waals surface area contributed by atoms with Crippen LogP contribution in [0.5, 0.6) is 0 Å². The minimum atomic E-state index is 0.554. The number of aromatic nitrogens is 1. The van der Waals surface area contributed by atoms with E-state index in [1.807, 2.05) is 0 Å². The van der Waals surface area contributed by atoms with Gasteiger partial charge in [-0.2, -0.15) is 0 Å². The Kier molecular flexibility index (Phi) is 8.15. The fraction of sp³-hybridized carbons (Fsp3) is 0.0769. The molecule has 2 aliphatic rings. The van der Waals surface area contributed by atoms with Gasteiger partial charge in [-0.15, -0.1) is 0 Å². The lowest BCUT2D eigenvalue weighted by atomic mass is 9.80. The van der Waals surface area contributed by atoms with Crippen LogP contribution in [-0.2, 0) is 6.42 Å². The third-order valence-electron chi connectivity index (χ3n) is 11.3. The van der Waals surface area contributed by atoms with E-state index in [1.165, 1.54) is 73.2 Å². The van der Waals surface area contributed by atoms with Gasteiger partial charge < -0.3 is 9.47 Å². The highest BCUT2D eigenvalue weighted by atomic mass is 15.1. The molecular formula is C52H40N2. The van der Waals surface area contributed by atoms with Gasteiger partial charge in [0.25, 0.3) is 0 Å². The minimum Gasteiger partial charge on any atom is -0.312 e. The molecule has 0 spiro atoms. The number of fused-ring (bicyclic) bond motifs is 4. The number of hydrogen-bond donors (Lipinski definition) is 0. The fourth-order valence-electron chi connectivity index (χ4n) is 8.58. The number of rotatable bonds is 7. The van der Waals surface area contributed by atoms with E-state index >= 15 is 0 Å². The molecule has 0 aliphatic heterocycles. The van der Waals surface area contributed by atoms with Gasteiger partial charge in [0.1, 0.15) is 0 Å². The van der Waals surface area contributed by atoms with Gasteiger partial charge in [-0.3, -0.25) is 0 Å². The summed E-state index contributed by atoms with van der Waals surface area (Å²) in [6.45, 7) is 0. The SMILES string of the molecule is C1=CC2=Cc3c(n(-c4ccc(N(c5ccc(-c6ccccc6)cc5)c5ccc(-c6ccccc6)cc5)cc4-c4ccccc4)c4ccccc34)CC2CC1. The summed E-state index contributed by atoms with van der Waals surface area (Å²) in [5, 5.41) is 1.32. The average molecular weight is 693 g/mol. The Hall–Kier alpha value is -6.64. The third-order valence-corrected chi connectivity index (χ3v) is 11.3. The molecule has 0 saturated carbocycles. The summed E-state index contributed by atoms with van der Waals surface area (Å²) >= 11 is 0. The molecule has 0 saturated heterocycles. The summed E-state index contributed by atoms with van der Waals surface area (Å²) in [5.41, 5.74) is 17.3. The quantitative estimate of drug-likeness (QED) is 0.161. The van der Waals surface area contributed by atoms with Crippen molar-refractivity contribution in [2.75, 3.05) is 4.90 Å². The topological polar surface area (TPSA) is 8.17 Å². The first-order valence-electron chi connectivity index (χ1n) is 19.1. The van der Waals surface area contributed by atoms with Crippen LogP contribution in [0.15, 0.2) is 200 Å². The van der Waals surface area contributed by atoms with Crippen LogP contribution in [-0.4, -0.2) is 4.57 Å². The van der Waals surface area contributed by atoms with Crippen molar-refractivity contribution in [2.24, 2.45) is 5.92 Å². The fourth-order valence-corrected chi connectivity index (χ4v) is 8.58. The molecule has 54 heavy (non-hydrogen) atoms. The first kappa shape index (κ1) is 32.0. The molecule has 8 aromatic rings. The van der Waals surface area contributed by atoms with Crippen LogP contribution >= 0.6 is 0 Å². The molecule has 1 unspecified atom stereocenters. The summed E-state index contributed by atoms with van der Waals surface area (Å²) in [7, 11) is 0. The Bertz CT molecular complexity index is 2560. The van der Waals surface area contributed by atoms with Crippen molar-refractivity contribution >= 4 is 34.0 Å². The van der Waals surface area contributed by atoms with Crippen molar-refractivity contribution < 1.29 is 0 Å². The number of nitrogens with zero attached hydrogens (tertiary/aromatic N) is 2. The lowest BCUT2D eigenvalue weighted by Gasteiger charge is -2.29. The Labute approximate surface area is 317 Å². The Morgan fingerprint density at radius 2 is 1.04 bits per heavy atom. The van der Waals surface area contributed by atoms with Crippen LogP contribution in [0.3, 0.4) is 0 Å². The van der Waals surface area contributed by atoms with Gasteiger partial charge in [0.2, 0.25) is 0 Å². The van der Waals surface area contributed by atoms with Crippen molar-refractivity contribution in [3.05, 3.63) is 211 Å². The molecule has 0 N–H and O–H groups in total. The zero-order valence-corrected chi connectivity index (χ0v) is 30.1. The van der Waals surface area contributed by atoms with E-state index in [1.54, 1.807) is 0 Å². The van der Waals surface area contributed by atoms with Gasteiger partial charge in [0.05, 0.1) is 11.2 Å².